The Morgan fingerprint density at radius 1 is 1.11 bits per heavy atom. The zero-order valence-electron chi connectivity index (χ0n) is 11.2. The summed E-state index contributed by atoms with van der Waals surface area (Å²) in [5.74, 6) is 1.75. The molecule has 0 bridgehead atoms. The van der Waals surface area contributed by atoms with Crippen molar-refractivity contribution < 1.29 is 4.74 Å². The van der Waals surface area contributed by atoms with Crippen molar-refractivity contribution in [2.45, 2.75) is 19.9 Å². The number of nitrogens with one attached hydrogen (secondary N) is 1. The van der Waals surface area contributed by atoms with Crippen molar-refractivity contribution in [3.05, 3.63) is 57.7 Å². The summed E-state index contributed by atoms with van der Waals surface area (Å²) in [6.45, 7) is 5.24. The lowest BCUT2D eigenvalue weighted by Crippen LogP contribution is -2.17. The highest BCUT2D eigenvalue weighted by Crippen LogP contribution is 2.25. The van der Waals surface area contributed by atoms with Crippen LogP contribution in [0.4, 0.5) is 0 Å². The van der Waals surface area contributed by atoms with Gasteiger partial charge in [0.15, 0.2) is 0 Å². The summed E-state index contributed by atoms with van der Waals surface area (Å²) in [6.07, 6.45) is 0. The molecule has 19 heavy (non-hydrogen) atoms. The van der Waals surface area contributed by atoms with Crippen molar-refractivity contribution in [2.24, 2.45) is 0 Å². The Morgan fingerprint density at radius 2 is 1.79 bits per heavy atom. The SMILES string of the molecule is CCNC(C)c1cccc(Oc2cccc(I)c2)c1. The van der Waals surface area contributed by atoms with E-state index in [-0.39, 0.29) is 0 Å². The van der Waals surface area contributed by atoms with Crippen molar-refractivity contribution in [1.29, 1.82) is 0 Å². The van der Waals surface area contributed by atoms with Crippen LogP contribution in [0.3, 0.4) is 0 Å². The molecule has 0 aliphatic carbocycles. The molecule has 0 fully saturated rings. The van der Waals surface area contributed by atoms with Crippen LogP contribution in [0.1, 0.15) is 25.5 Å². The van der Waals surface area contributed by atoms with Crippen LogP contribution in [-0.4, -0.2) is 6.54 Å². The summed E-state index contributed by atoms with van der Waals surface area (Å²) >= 11 is 2.29. The zero-order chi connectivity index (χ0) is 13.7. The van der Waals surface area contributed by atoms with Gasteiger partial charge in [-0.05, 0) is 72.0 Å². The van der Waals surface area contributed by atoms with E-state index < -0.39 is 0 Å². The Morgan fingerprint density at radius 3 is 2.47 bits per heavy atom. The molecule has 1 atom stereocenters. The summed E-state index contributed by atoms with van der Waals surface area (Å²) in [7, 11) is 0. The molecule has 100 valence electrons. The first-order chi connectivity index (χ1) is 9.19. The van der Waals surface area contributed by atoms with E-state index in [9.17, 15) is 0 Å². The van der Waals surface area contributed by atoms with Crippen molar-refractivity contribution in [1.82, 2.24) is 5.32 Å². The molecule has 3 heteroatoms. The molecule has 2 aromatic rings. The normalized spacial score (nSPS) is 12.2. The molecule has 0 aromatic heterocycles. The van der Waals surface area contributed by atoms with Crippen molar-refractivity contribution in [3.63, 3.8) is 0 Å². The summed E-state index contributed by atoms with van der Waals surface area (Å²) in [4.78, 5) is 0. The molecular formula is C16H18INO. The van der Waals surface area contributed by atoms with Gasteiger partial charge in [0.05, 0.1) is 0 Å². The summed E-state index contributed by atoms with van der Waals surface area (Å²) in [5.41, 5.74) is 1.24. The van der Waals surface area contributed by atoms with Gasteiger partial charge in [0, 0.05) is 9.61 Å². The molecule has 0 saturated heterocycles. The third-order valence-electron chi connectivity index (χ3n) is 2.90. The van der Waals surface area contributed by atoms with Crippen molar-refractivity contribution >= 4 is 22.6 Å². The van der Waals surface area contributed by atoms with Gasteiger partial charge in [0.1, 0.15) is 11.5 Å². The van der Waals surface area contributed by atoms with Gasteiger partial charge < -0.3 is 10.1 Å². The van der Waals surface area contributed by atoms with Gasteiger partial charge in [0.25, 0.3) is 0 Å². The molecule has 0 amide bonds. The number of ether oxygens (including phenoxy) is 1. The topological polar surface area (TPSA) is 21.3 Å². The quantitative estimate of drug-likeness (QED) is 0.770. The van der Waals surface area contributed by atoms with Crippen LogP contribution in [-0.2, 0) is 0 Å². The third kappa shape index (κ3) is 4.21. The summed E-state index contributed by atoms with van der Waals surface area (Å²) in [5, 5.41) is 3.41. The Labute approximate surface area is 128 Å². The minimum atomic E-state index is 0.337. The minimum Gasteiger partial charge on any atom is -0.457 e. The smallest absolute Gasteiger partial charge is 0.128 e. The monoisotopic (exact) mass is 367 g/mol. The van der Waals surface area contributed by atoms with Crippen LogP contribution in [0.25, 0.3) is 0 Å². The summed E-state index contributed by atoms with van der Waals surface area (Å²) in [6, 6.07) is 16.6. The second-order valence-electron chi connectivity index (χ2n) is 4.41. The Kier molecular flexibility index (Phi) is 5.22. The number of halogens is 1. The van der Waals surface area contributed by atoms with E-state index in [0.29, 0.717) is 6.04 Å². The zero-order valence-corrected chi connectivity index (χ0v) is 13.3. The number of rotatable bonds is 5. The van der Waals surface area contributed by atoms with Crippen LogP contribution < -0.4 is 10.1 Å². The van der Waals surface area contributed by atoms with E-state index in [1.807, 2.05) is 30.3 Å². The lowest BCUT2D eigenvalue weighted by Gasteiger charge is -2.14. The fourth-order valence-corrected chi connectivity index (χ4v) is 2.45. The van der Waals surface area contributed by atoms with Gasteiger partial charge in [0.2, 0.25) is 0 Å². The molecular weight excluding hydrogens is 349 g/mol. The minimum absolute atomic E-state index is 0.337. The van der Waals surface area contributed by atoms with E-state index in [2.05, 4.69) is 60.0 Å². The maximum Gasteiger partial charge on any atom is 0.128 e. The fraction of sp³-hybridized carbons (Fsp3) is 0.250. The van der Waals surface area contributed by atoms with E-state index in [0.717, 1.165) is 18.0 Å². The largest absolute Gasteiger partial charge is 0.457 e. The van der Waals surface area contributed by atoms with Gasteiger partial charge in [-0.1, -0.05) is 25.1 Å². The highest BCUT2D eigenvalue weighted by molar-refractivity contribution is 14.1. The Hall–Kier alpha value is -1.07. The van der Waals surface area contributed by atoms with Gasteiger partial charge in [-0.15, -0.1) is 0 Å². The molecule has 0 aliphatic rings. The van der Waals surface area contributed by atoms with Crippen LogP contribution in [0.15, 0.2) is 48.5 Å². The molecule has 2 nitrogen and oxygen atoms in total. The second kappa shape index (κ2) is 6.91. The standard InChI is InChI=1S/C16H18INO/c1-3-18-12(2)13-6-4-8-15(10-13)19-16-9-5-7-14(17)11-16/h4-12,18H,3H2,1-2H3. The van der Waals surface area contributed by atoms with Crippen molar-refractivity contribution in [2.75, 3.05) is 6.54 Å². The summed E-state index contributed by atoms with van der Waals surface area (Å²) < 4.78 is 7.07. The second-order valence-corrected chi connectivity index (χ2v) is 5.66. The molecule has 0 saturated carbocycles. The first-order valence-electron chi connectivity index (χ1n) is 6.46. The molecule has 0 aliphatic heterocycles. The predicted molar refractivity (Wildman–Crippen MR) is 87.8 cm³/mol. The van der Waals surface area contributed by atoms with E-state index >= 15 is 0 Å². The van der Waals surface area contributed by atoms with E-state index in [4.69, 9.17) is 4.74 Å². The van der Waals surface area contributed by atoms with Gasteiger partial charge in [-0.2, -0.15) is 0 Å². The van der Waals surface area contributed by atoms with Crippen LogP contribution in [0.2, 0.25) is 0 Å². The Balaban J connectivity index is 2.15. The molecule has 2 rings (SSSR count). The van der Waals surface area contributed by atoms with E-state index in [1.165, 1.54) is 9.13 Å². The van der Waals surface area contributed by atoms with Crippen molar-refractivity contribution in [3.8, 4) is 11.5 Å². The maximum atomic E-state index is 5.90. The number of benzene rings is 2. The van der Waals surface area contributed by atoms with Crippen LogP contribution in [0, 0.1) is 3.57 Å². The van der Waals surface area contributed by atoms with Gasteiger partial charge >= 0.3 is 0 Å². The maximum absolute atomic E-state index is 5.90. The van der Waals surface area contributed by atoms with Crippen LogP contribution in [0.5, 0.6) is 11.5 Å². The predicted octanol–water partition coefficient (Wildman–Crippen LogP) is 4.75. The molecule has 0 radical (unpaired) electrons. The van der Waals surface area contributed by atoms with E-state index in [1.54, 1.807) is 0 Å². The first kappa shape index (κ1) is 14.3. The molecule has 2 aromatic carbocycles. The molecule has 1 N–H and O–H groups in total. The Bertz CT molecular complexity index is 542. The average molecular weight is 367 g/mol. The number of hydrogen-bond donors (Lipinski definition) is 1. The lowest BCUT2D eigenvalue weighted by molar-refractivity contribution is 0.479. The molecule has 1 unspecified atom stereocenters. The number of hydrogen-bond acceptors (Lipinski definition) is 2. The highest BCUT2D eigenvalue weighted by atomic mass is 127. The molecule has 0 heterocycles. The first-order valence-corrected chi connectivity index (χ1v) is 7.53. The van der Waals surface area contributed by atoms with Gasteiger partial charge in [-0.25, -0.2) is 0 Å². The fourth-order valence-electron chi connectivity index (χ4n) is 1.94. The third-order valence-corrected chi connectivity index (χ3v) is 3.57. The average Bonchev–Trinajstić information content (AvgIpc) is 2.39. The highest BCUT2D eigenvalue weighted by Gasteiger charge is 2.05. The molecule has 0 spiro atoms. The lowest BCUT2D eigenvalue weighted by atomic mass is 10.1. The van der Waals surface area contributed by atoms with Crippen LogP contribution >= 0.6 is 22.6 Å². The van der Waals surface area contributed by atoms with Gasteiger partial charge in [-0.3, -0.25) is 0 Å².